The van der Waals surface area contributed by atoms with Gasteiger partial charge in [0.1, 0.15) is 0 Å². The molecular formula is C13H20N2O. The first-order chi connectivity index (χ1) is 7.74. The van der Waals surface area contributed by atoms with E-state index in [1.807, 2.05) is 31.2 Å². The van der Waals surface area contributed by atoms with Gasteiger partial charge in [-0.2, -0.15) is 0 Å². The van der Waals surface area contributed by atoms with Crippen LogP contribution in [-0.2, 0) is 4.79 Å². The molecule has 0 radical (unpaired) electrons. The van der Waals surface area contributed by atoms with Crippen molar-refractivity contribution in [2.45, 2.75) is 19.8 Å². The van der Waals surface area contributed by atoms with Gasteiger partial charge in [0.25, 0.3) is 0 Å². The second-order valence-electron chi connectivity index (χ2n) is 4.40. The average molecular weight is 220 g/mol. The topological polar surface area (TPSA) is 32.3 Å². The molecule has 16 heavy (non-hydrogen) atoms. The fraction of sp³-hybridized carbons (Fsp3) is 0.462. The quantitative estimate of drug-likeness (QED) is 0.847. The Morgan fingerprint density at radius 1 is 1.44 bits per heavy atom. The molecule has 88 valence electrons. The molecule has 0 spiro atoms. The highest BCUT2D eigenvalue weighted by molar-refractivity contribution is 5.92. The number of nitrogens with zero attached hydrogens (tertiary/aromatic N) is 1. The lowest BCUT2D eigenvalue weighted by Crippen LogP contribution is -2.30. The molecule has 2 rings (SSSR count). The van der Waals surface area contributed by atoms with Gasteiger partial charge in [0.05, 0.1) is 6.54 Å². The average Bonchev–Trinajstić information content (AvgIpc) is 2.70. The number of carbonyl (C=O) groups is 1. The maximum atomic E-state index is 11.7. The van der Waals surface area contributed by atoms with Gasteiger partial charge in [-0.15, -0.1) is 0 Å². The van der Waals surface area contributed by atoms with E-state index in [2.05, 4.69) is 10.2 Å². The minimum Gasteiger partial charge on any atom is -0.325 e. The molecule has 1 aliphatic rings. The van der Waals surface area contributed by atoms with E-state index in [4.69, 9.17) is 0 Å². The molecule has 0 unspecified atom stereocenters. The molecule has 0 bridgehead atoms. The summed E-state index contributed by atoms with van der Waals surface area (Å²) in [6, 6.07) is 7.90. The van der Waals surface area contributed by atoms with Crippen LogP contribution in [-0.4, -0.2) is 30.4 Å². The number of amides is 1. The van der Waals surface area contributed by atoms with Crippen LogP contribution in [0.2, 0.25) is 0 Å². The van der Waals surface area contributed by atoms with Crippen molar-refractivity contribution >= 4 is 11.6 Å². The van der Waals surface area contributed by atoms with Gasteiger partial charge < -0.3 is 5.32 Å². The summed E-state index contributed by atoms with van der Waals surface area (Å²) < 4.78 is 0. The smallest absolute Gasteiger partial charge is 0.238 e. The van der Waals surface area contributed by atoms with Crippen LogP contribution in [0.15, 0.2) is 24.3 Å². The van der Waals surface area contributed by atoms with Gasteiger partial charge in [-0.05, 0) is 50.6 Å². The van der Waals surface area contributed by atoms with E-state index in [-0.39, 0.29) is 7.33 Å². The van der Waals surface area contributed by atoms with E-state index in [0.717, 1.165) is 18.8 Å². The summed E-state index contributed by atoms with van der Waals surface area (Å²) in [5.41, 5.74) is 2.06. The fourth-order valence-corrected chi connectivity index (χ4v) is 2.07. The Morgan fingerprint density at radius 3 is 2.88 bits per heavy atom. The number of aryl methyl sites for hydroxylation is 1. The minimum atomic E-state index is 0. The lowest BCUT2D eigenvalue weighted by molar-refractivity contribution is -0.117. The number of benzene rings is 1. The van der Waals surface area contributed by atoms with Crippen molar-refractivity contribution in [2.24, 2.45) is 0 Å². The molecule has 1 aliphatic heterocycles. The highest BCUT2D eigenvalue weighted by Gasteiger charge is 2.14. The Hall–Kier alpha value is -1.35. The van der Waals surface area contributed by atoms with E-state index in [1.165, 1.54) is 18.4 Å². The van der Waals surface area contributed by atoms with Gasteiger partial charge in [0.2, 0.25) is 5.91 Å². The summed E-state index contributed by atoms with van der Waals surface area (Å²) in [5, 5.41) is 2.93. The van der Waals surface area contributed by atoms with Crippen molar-refractivity contribution in [3.8, 4) is 0 Å². The summed E-state index contributed by atoms with van der Waals surface area (Å²) in [4.78, 5) is 13.9. The molecular weight excluding hydrogens is 200 g/mol. The zero-order chi connectivity index (χ0) is 11.4. The van der Waals surface area contributed by atoms with Crippen molar-refractivity contribution in [3.05, 3.63) is 29.8 Å². The van der Waals surface area contributed by atoms with Gasteiger partial charge >= 0.3 is 0 Å². The van der Waals surface area contributed by atoms with E-state index in [1.54, 1.807) is 0 Å². The first kappa shape index (κ1) is 11.1. The summed E-state index contributed by atoms with van der Waals surface area (Å²) in [7, 11) is 0. The number of rotatable bonds is 3. The van der Waals surface area contributed by atoms with E-state index < -0.39 is 0 Å². The Morgan fingerprint density at radius 2 is 2.19 bits per heavy atom. The van der Waals surface area contributed by atoms with Crippen molar-refractivity contribution < 1.29 is 6.22 Å². The minimum absolute atomic E-state index is 0. The molecule has 0 atom stereocenters. The number of nitrogens with one attached hydrogen (secondary N) is 1. The number of carbonyl (C=O) groups excluding carboxylic acids is 1. The summed E-state index contributed by atoms with van der Waals surface area (Å²) in [6.07, 6.45) is 2.44. The Kier molecular flexibility index (Phi) is 3.57. The molecule has 3 heteroatoms. The third-order valence-corrected chi connectivity index (χ3v) is 2.87. The third kappa shape index (κ3) is 3.07. The van der Waals surface area contributed by atoms with Crippen LogP contribution in [0.5, 0.6) is 0 Å². The van der Waals surface area contributed by atoms with Gasteiger partial charge in [-0.3, -0.25) is 9.69 Å². The molecule has 1 fully saturated rings. The second kappa shape index (κ2) is 5.12. The zero-order valence-electron chi connectivity index (χ0n) is 9.70. The van der Waals surface area contributed by atoms with Gasteiger partial charge in [-0.25, -0.2) is 0 Å². The molecule has 1 saturated heterocycles. The molecule has 0 aromatic heterocycles. The van der Waals surface area contributed by atoms with Crippen molar-refractivity contribution in [2.75, 3.05) is 25.0 Å². The van der Waals surface area contributed by atoms with Crippen molar-refractivity contribution in [1.29, 1.82) is 0 Å². The second-order valence-corrected chi connectivity index (χ2v) is 4.40. The maximum Gasteiger partial charge on any atom is 0.238 e. The lowest BCUT2D eigenvalue weighted by Gasteiger charge is -2.14. The van der Waals surface area contributed by atoms with Crippen LogP contribution in [0, 0.1) is 6.92 Å². The Balaban J connectivity index is 0.00000144. The molecule has 1 aromatic rings. The molecule has 1 aromatic carbocycles. The number of likely N-dealkylation sites (tertiary alicyclic amines) is 1. The van der Waals surface area contributed by atoms with Crippen molar-refractivity contribution in [3.63, 3.8) is 0 Å². The first-order valence-electron chi connectivity index (χ1n) is 5.83. The van der Waals surface area contributed by atoms with Crippen LogP contribution in [0.3, 0.4) is 0 Å². The van der Waals surface area contributed by atoms with Gasteiger partial charge in [0, 0.05) is 7.11 Å². The third-order valence-electron chi connectivity index (χ3n) is 2.87. The molecule has 3 nitrogen and oxygen atoms in total. The van der Waals surface area contributed by atoms with Crippen LogP contribution in [0.4, 0.5) is 5.69 Å². The predicted molar refractivity (Wildman–Crippen MR) is 67.6 cm³/mol. The van der Waals surface area contributed by atoms with Crippen LogP contribution < -0.4 is 5.32 Å². The molecule has 1 amide bonds. The zero-order valence-corrected chi connectivity index (χ0v) is 9.70. The largest absolute Gasteiger partial charge is 0.325 e. The standard InChI is InChI=1S/C13H18N2O.H2/c1-11-5-4-6-12(9-11)14-13(16)10-15-7-2-3-8-15;/h4-6,9H,2-3,7-8,10H2,1H3,(H,14,16);1H. The van der Waals surface area contributed by atoms with Crippen LogP contribution in [0.1, 0.15) is 19.8 Å². The van der Waals surface area contributed by atoms with Crippen LogP contribution >= 0.6 is 0 Å². The maximum absolute atomic E-state index is 11.7. The highest BCUT2D eigenvalue weighted by Crippen LogP contribution is 2.10. The van der Waals surface area contributed by atoms with Gasteiger partial charge in [-0.1, -0.05) is 12.1 Å². The van der Waals surface area contributed by atoms with Gasteiger partial charge in [0.15, 0.2) is 0 Å². The number of anilines is 1. The van der Waals surface area contributed by atoms with E-state index >= 15 is 0 Å². The van der Waals surface area contributed by atoms with E-state index in [0.29, 0.717) is 6.54 Å². The molecule has 0 aliphatic carbocycles. The Labute approximate surface area is 97.9 Å². The molecule has 0 saturated carbocycles. The molecule has 1 N–H and O–H groups in total. The summed E-state index contributed by atoms with van der Waals surface area (Å²) >= 11 is 0. The summed E-state index contributed by atoms with van der Waals surface area (Å²) in [5.74, 6) is 0.0903. The van der Waals surface area contributed by atoms with E-state index in [9.17, 15) is 4.79 Å². The number of hydrogen-bond acceptors (Lipinski definition) is 2. The van der Waals surface area contributed by atoms with Crippen molar-refractivity contribution in [1.82, 2.24) is 4.90 Å². The SMILES string of the molecule is Cc1cccc(NC(=O)CN2CCCC2)c1.[HH]. The Bertz CT molecular complexity index is 375. The lowest BCUT2D eigenvalue weighted by atomic mass is 10.2. The molecule has 1 heterocycles. The normalized spacial score (nSPS) is 16.3. The predicted octanol–water partition coefficient (Wildman–Crippen LogP) is 2.28. The highest BCUT2D eigenvalue weighted by atomic mass is 16.2. The first-order valence-corrected chi connectivity index (χ1v) is 5.83. The van der Waals surface area contributed by atoms with Crippen LogP contribution in [0.25, 0.3) is 0 Å². The number of hydrogen-bond donors (Lipinski definition) is 1. The monoisotopic (exact) mass is 220 g/mol. The summed E-state index contributed by atoms with van der Waals surface area (Å²) in [6.45, 7) is 4.66. The fourth-order valence-electron chi connectivity index (χ4n) is 2.07.